The summed E-state index contributed by atoms with van der Waals surface area (Å²) < 4.78 is 108. The minimum absolute atomic E-state index is 0.0171. The first-order valence-corrected chi connectivity index (χ1v) is 12.1. The fourth-order valence-corrected chi connectivity index (χ4v) is 4.58. The van der Waals surface area contributed by atoms with E-state index in [4.69, 9.17) is 4.74 Å². The molecule has 3 aromatic carbocycles. The van der Waals surface area contributed by atoms with Crippen molar-refractivity contribution in [2.75, 3.05) is 6.61 Å². The van der Waals surface area contributed by atoms with Crippen LogP contribution < -0.4 is 9.47 Å². The molecule has 0 bridgehead atoms. The van der Waals surface area contributed by atoms with Crippen LogP contribution in [0.3, 0.4) is 0 Å². The van der Waals surface area contributed by atoms with Crippen molar-refractivity contribution >= 4 is 0 Å². The first-order valence-electron chi connectivity index (χ1n) is 12.1. The molecule has 0 unspecified atom stereocenters. The maximum Gasteiger partial charge on any atom is 0.432 e. The molecule has 0 saturated heterocycles. The maximum absolute atomic E-state index is 14.6. The number of rotatable bonds is 10. The molecule has 0 spiro atoms. The van der Waals surface area contributed by atoms with Gasteiger partial charge in [-0.2, -0.15) is 8.78 Å². The van der Waals surface area contributed by atoms with E-state index in [9.17, 15) is 30.7 Å². The Labute approximate surface area is 210 Å². The molecule has 37 heavy (non-hydrogen) atoms. The summed E-state index contributed by atoms with van der Waals surface area (Å²) in [7, 11) is 0. The highest BCUT2D eigenvalue weighted by molar-refractivity contribution is 5.65. The summed E-state index contributed by atoms with van der Waals surface area (Å²) in [4.78, 5) is 0. The second-order valence-electron chi connectivity index (χ2n) is 9.15. The average Bonchev–Trinajstić information content (AvgIpc) is 3.35. The molecule has 9 heteroatoms. The third kappa shape index (κ3) is 6.56. The van der Waals surface area contributed by atoms with Gasteiger partial charge in [0.15, 0.2) is 17.5 Å². The van der Waals surface area contributed by atoms with Crippen LogP contribution >= 0.6 is 0 Å². The average molecular weight is 526 g/mol. The fraction of sp³-hybridized carbons (Fsp3) is 0.357. The molecule has 0 atom stereocenters. The van der Waals surface area contributed by atoms with E-state index in [-0.39, 0.29) is 17.7 Å². The number of benzene rings is 3. The van der Waals surface area contributed by atoms with E-state index in [1.54, 1.807) is 24.3 Å². The van der Waals surface area contributed by atoms with Gasteiger partial charge in [-0.3, -0.25) is 0 Å². The zero-order chi connectivity index (χ0) is 26.6. The molecular weight excluding hydrogens is 501 g/mol. The quantitative estimate of drug-likeness (QED) is 0.149. The van der Waals surface area contributed by atoms with E-state index in [0.29, 0.717) is 30.1 Å². The highest BCUT2D eigenvalue weighted by Gasteiger charge is 2.41. The van der Waals surface area contributed by atoms with Crippen LogP contribution in [0.25, 0.3) is 11.1 Å². The van der Waals surface area contributed by atoms with E-state index in [0.717, 1.165) is 18.8 Å². The molecule has 3 aromatic rings. The first kappa shape index (κ1) is 26.8. The van der Waals surface area contributed by atoms with Crippen LogP contribution in [0.5, 0.6) is 11.5 Å². The first-order chi connectivity index (χ1) is 17.6. The lowest BCUT2D eigenvalue weighted by molar-refractivity contribution is -0.189. The van der Waals surface area contributed by atoms with E-state index in [1.165, 1.54) is 32.1 Å². The Kier molecular flexibility index (Phi) is 8.29. The van der Waals surface area contributed by atoms with Gasteiger partial charge in [-0.25, -0.2) is 22.0 Å². The molecule has 0 amide bonds. The molecule has 2 nitrogen and oxygen atoms in total. The summed E-state index contributed by atoms with van der Waals surface area (Å²) in [5.74, 6) is -8.49. The third-order valence-corrected chi connectivity index (χ3v) is 6.47. The van der Waals surface area contributed by atoms with Gasteiger partial charge >= 0.3 is 6.11 Å². The predicted molar refractivity (Wildman–Crippen MR) is 124 cm³/mol. The largest absolute Gasteiger partial charge is 0.494 e. The summed E-state index contributed by atoms with van der Waals surface area (Å²) in [6.45, 7) is 0.543. The highest BCUT2D eigenvalue weighted by Crippen LogP contribution is 2.38. The van der Waals surface area contributed by atoms with Crippen LogP contribution in [-0.2, 0) is 6.11 Å². The van der Waals surface area contributed by atoms with Gasteiger partial charge in [0.2, 0.25) is 0 Å². The summed E-state index contributed by atoms with van der Waals surface area (Å²) in [5.41, 5.74) is -1.42. The normalized spacial score (nSPS) is 14.2. The monoisotopic (exact) mass is 526 g/mol. The van der Waals surface area contributed by atoms with Gasteiger partial charge in [-0.1, -0.05) is 44.2 Å². The van der Waals surface area contributed by atoms with E-state index in [2.05, 4.69) is 4.74 Å². The van der Waals surface area contributed by atoms with Crippen LogP contribution in [0, 0.1) is 35.0 Å². The Balaban J connectivity index is 1.40. The van der Waals surface area contributed by atoms with Gasteiger partial charge in [-0.15, -0.1) is 0 Å². The number of hydrogen-bond donors (Lipinski definition) is 0. The molecule has 1 saturated carbocycles. The molecule has 0 N–H and O–H groups in total. The van der Waals surface area contributed by atoms with Gasteiger partial charge < -0.3 is 9.47 Å². The smallest absolute Gasteiger partial charge is 0.432 e. The number of alkyl halides is 2. The molecule has 1 aliphatic carbocycles. The Morgan fingerprint density at radius 1 is 0.703 bits per heavy atom. The van der Waals surface area contributed by atoms with Gasteiger partial charge in [0.1, 0.15) is 28.7 Å². The fourth-order valence-electron chi connectivity index (χ4n) is 4.58. The van der Waals surface area contributed by atoms with Crippen LogP contribution in [0.15, 0.2) is 48.5 Å². The summed E-state index contributed by atoms with van der Waals surface area (Å²) in [6, 6.07) is 8.00. The Morgan fingerprint density at radius 3 is 1.89 bits per heavy atom. The van der Waals surface area contributed by atoms with Gasteiger partial charge in [-0.05, 0) is 54.2 Å². The molecule has 0 radical (unpaired) electrons. The standard InChI is InChI=1S/C28H25F7O2/c29-22-13-19(18-8-10-20(11-9-18)36-12-4-3-7-17-5-1-2-6-17)14-23(30)26(22)28(34,35)37-21-15-24(31)27(33)25(32)16-21/h8-11,13-17H,1-7,12H2. The van der Waals surface area contributed by atoms with Crippen molar-refractivity contribution in [1.29, 1.82) is 0 Å². The van der Waals surface area contributed by atoms with Crippen LogP contribution in [-0.4, -0.2) is 6.61 Å². The number of unbranched alkanes of at least 4 members (excludes halogenated alkanes) is 1. The minimum Gasteiger partial charge on any atom is -0.494 e. The summed E-state index contributed by atoms with van der Waals surface area (Å²) in [6.07, 6.45) is 3.83. The van der Waals surface area contributed by atoms with Crippen molar-refractivity contribution in [1.82, 2.24) is 0 Å². The molecule has 0 heterocycles. The SMILES string of the molecule is Fc1cc(OC(F)(F)c2c(F)cc(-c3ccc(OCCCCC4CCCC4)cc3)cc2F)cc(F)c1F. The zero-order valence-electron chi connectivity index (χ0n) is 19.8. The van der Waals surface area contributed by atoms with E-state index < -0.39 is 46.5 Å². The molecule has 1 aliphatic rings. The highest BCUT2D eigenvalue weighted by atomic mass is 19.3. The Hall–Kier alpha value is -3.23. The van der Waals surface area contributed by atoms with Crippen molar-refractivity contribution in [3.8, 4) is 22.6 Å². The van der Waals surface area contributed by atoms with Crippen molar-refractivity contribution in [2.45, 2.75) is 51.1 Å². The maximum atomic E-state index is 14.6. The van der Waals surface area contributed by atoms with Crippen molar-refractivity contribution < 1.29 is 40.2 Å². The molecular formula is C28H25F7O2. The van der Waals surface area contributed by atoms with Gasteiger partial charge in [0, 0.05) is 12.1 Å². The lowest BCUT2D eigenvalue weighted by atomic mass is 10.0. The van der Waals surface area contributed by atoms with Crippen LogP contribution in [0.2, 0.25) is 0 Å². The second kappa shape index (κ2) is 11.4. The molecule has 4 rings (SSSR count). The lowest BCUT2D eigenvalue weighted by Crippen LogP contribution is -2.25. The number of ether oxygens (including phenoxy) is 2. The minimum atomic E-state index is -4.64. The van der Waals surface area contributed by atoms with Gasteiger partial charge in [0.05, 0.1) is 6.61 Å². The topological polar surface area (TPSA) is 18.5 Å². The predicted octanol–water partition coefficient (Wildman–Crippen LogP) is 8.92. The number of halogens is 7. The second-order valence-corrected chi connectivity index (χ2v) is 9.15. The van der Waals surface area contributed by atoms with Crippen LogP contribution in [0.4, 0.5) is 30.7 Å². The van der Waals surface area contributed by atoms with E-state index >= 15 is 0 Å². The Morgan fingerprint density at radius 2 is 1.30 bits per heavy atom. The van der Waals surface area contributed by atoms with Crippen LogP contribution in [0.1, 0.15) is 50.5 Å². The molecule has 198 valence electrons. The van der Waals surface area contributed by atoms with Crippen molar-refractivity contribution in [3.05, 3.63) is 83.2 Å². The third-order valence-electron chi connectivity index (χ3n) is 6.47. The molecule has 1 fully saturated rings. The lowest BCUT2D eigenvalue weighted by Gasteiger charge is -2.20. The summed E-state index contributed by atoms with van der Waals surface area (Å²) in [5, 5.41) is 0. The van der Waals surface area contributed by atoms with E-state index in [1.807, 2.05) is 0 Å². The molecule has 0 aromatic heterocycles. The zero-order valence-corrected chi connectivity index (χ0v) is 19.8. The number of hydrogen-bond acceptors (Lipinski definition) is 2. The van der Waals surface area contributed by atoms with Gasteiger partial charge in [0.25, 0.3) is 0 Å². The van der Waals surface area contributed by atoms with Crippen molar-refractivity contribution in [3.63, 3.8) is 0 Å². The molecule has 0 aliphatic heterocycles. The Bertz CT molecular complexity index is 1180. The summed E-state index contributed by atoms with van der Waals surface area (Å²) >= 11 is 0. The van der Waals surface area contributed by atoms with Crippen molar-refractivity contribution in [2.24, 2.45) is 5.92 Å².